The van der Waals surface area contributed by atoms with Gasteiger partial charge in [-0.1, -0.05) is 39.8 Å². The van der Waals surface area contributed by atoms with Crippen LogP contribution >= 0.6 is 0 Å². The fraction of sp³-hybridized carbons (Fsp3) is 0.600. The Kier molecular flexibility index (Phi) is 5.13. The minimum atomic E-state index is -0.140. The summed E-state index contributed by atoms with van der Waals surface area (Å²) in [5.74, 6) is -0.140. The molecular weight excluding hydrogens is 213 g/mol. The van der Waals surface area contributed by atoms with Crippen molar-refractivity contribution in [3.63, 3.8) is 0 Å². The highest BCUT2D eigenvalue weighted by Gasteiger charge is 2.18. The zero-order valence-corrected chi connectivity index (χ0v) is 11.4. The van der Waals surface area contributed by atoms with E-state index in [9.17, 15) is 4.39 Å². The summed E-state index contributed by atoms with van der Waals surface area (Å²) < 4.78 is 13.1. The molecule has 0 spiro atoms. The van der Waals surface area contributed by atoms with Crippen molar-refractivity contribution in [1.82, 2.24) is 5.32 Å². The molecule has 0 aliphatic rings. The molecule has 0 aliphatic heterocycles. The van der Waals surface area contributed by atoms with Crippen molar-refractivity contribution in [2.24, 2.45) is 5.41 Å². The van der Waals surface area contributed by atoms with Gasteiger partial charge in [0.2, 0.25) is 0 Å². The molecule has 0 bridgehead atoms. The zero-order valence-electron chi connectivity index (χ0n) is 11.4. The van der Waals surface area contributed by atoms with E-state index in [-0.39, 0.29) is 11.2 Å². The van der Waals surface area contributed by atoms with Gasteiger partial charge in [0.05, 0.1) is 0 Å². The molecule has 1 aromatic rings. The highest BCUT2D eigenvalue weighted by molar-refractivity contribution is 5.17. The second-order valence-corrected chi connectivity index (χ2v) is 5.83. The van der Waals surface area contributed by atoms with Crippen LogP contribution in [0.3, 0.4) is 0 Å². The number of halogens is 1. The number of nitrogens with one attached hydrogen (secondary N) is 1. The third-order valence-corrected chi connectivity index (χ3v) is 2.93. The summed E-state index contributed by atoms with van der Waals surface area (Å²) in [5, 5.41) is 3.42. The fourth-order valence-electron chi connectivity index (χ4n) is 1.99. The van der Waals surface area contributed by atoms with Crippen molar-refractivity contribution in [3.05, 3.63) is 35.6 Å². The van der Waals surface area contributed by atoms with Crippen LogP contribution in [-0.2, 0) is 6.42 Å². The number of hydrogen-bond acceptors (Lipinski definition) is 1. The molecule has 0 amide bonds. The minimum absolute atomic E-state index is 0.140. The Balaban J connectivity index is 2.48. The smallest absolute Gasteiger partial charge is 0.123 e. The van der Waals surface area contributed by atoms with Gasteiger partial charge in [-0.15, -0.1) is 0 Å². The van der Waals surface area contributed by atoms with Crippen LogP contribution in [0.1, 0.15) is 39.7 Å². The summed E-state index contributed by atoms with van der Waals surface area (Å²) in [7, 11) is 0. The average molecular weight is 237 g/mol. The van der Waals surface area contributed by atoms with E-state index in [4.69, 9.17) is 0 Å². The van der Waals surface area contributed by atoms with E-state index in [0.29, 0.717) is 6.04 Å². The van der Waals surface area contributed by atoms with E-state index in [2.05, 4.69) is 33.0 Å². The topological polar surface area (TPSA) is 12.0 Å². The lowest BCUT2D eigenvalue weighted by atomic mass is 9.82. The summed E-state index contributed by atoms with van der Waals surface area (Å²) in [6.07, 6.45) is 2.02. The maximum Gasteiger partial charge on any atom is 0.123 e. The third kappa shape index (κ3) is 5.83. The first-order valence-corrected chi connectivity index (χ1v) is 6.37. The molecule has 17 heavy (non-hydrogen) atoms. The van der Waals surface area contributed by atoms with E-state index in [1.807, 2.05) is 6.07 Å². The van der Waals surface area contributed by atoms with E-state index >= 15 is 0 Å². The normalized spacial score (nSPS) is 12.1. The van der Waals surface area contributed by atoms with Gasteiger partial charge in [0, 0.05) is 6.04 Å². The molecule has 0 fully saturated rings. The number of hydrogen-bond donors (Lipinski definition) is 1. The molecule has 0 heterocycles. The van der Waals surface area contributed by atoms with Crippen molar-refractivity contribution in [2.45, 2.75) is 46.6 Å². The molecule has 0 atom stereocenters. The van der Waals surface area contributed by atoms with Crippen molar-refractivity contribution in [1.29, 1.82) is 0 Å². The van der Waals surface area contributed by atoms with Gasteiger partial charge in [0.1, 0.15) is 5.82 Å². The van der Waals surface area contributed by atoms with Crippen molar-refractivity contribution >= 4 is 0 Å². The lowest BCUT2D eigenvalue weighted by Crippen LogP contribution is -2.28. The largest absolute Gasteiger partial charge is 0.315 e. The summed E-state index contributed by atoms with van der Waals surface area (Å²) in [6.45, 7) is 9.79. The first-order valence-electron chi connectivity index (χ1n) is 6.37. The number of rotatable bonds is 6. The van der Waals surface area contributed by atoms with Gasteiger partial charge in [-0.25, -0.2) is 4.39 Å². The average Bonchev–Trinajstić information content (AvgIpc) is 2.15. The lowest BCUT2D eigenvalue weighted by molar-refractivity contribution is 0.320. The summed E-state index contributed by atoms with van der Waals surface area (Å²) in [4.78, 5) is 0. The van der Waals surface area contributed by atoms with Crippen LogP contribution in [0.2, 0.25) is 0 Å². The maximum absolute atomic E-state index is 13.1. The van der Waals surface area contributed by atoms with Crippen LogP contribution in [0.4, 0.5) is 4.39 Å². The fourth-order valence-corrected chi connectivity index (χ4v) is 1.99. The number of benzene rings is 1. The van der Waals surface area contributed by atoms with Crippen molar-refractivity contribution < 1.29 is 4.39 Å². The van der Waals surface area contributed by atoms with Crippen LogP contribution in [0.25, 0.3) is 0 Å². The van der Waals surface area contributed by atoms with Crippen LogP contribution in [0.5, 0.6) is 0 Å². The molecule has 1 aromatic carbocycles. The quantitative estimate of drug-likeness (QED) is 0.794. The molecule has 0 radical (unpaired) electrons. The molecular formula is C15H24FN. The predicted octanol–water partition coefficient (Wildman–Crippen LogP) is 3.78. The van der Waals surface area contributed by atoms with E-state index in [1.165, 1.54) is 6.07 Å². The molecule has 1 N–H and O–H groups in total. The van der Waals surface area contributed by atoms with Gasteiger partial charge < -0.3 is 5.32 Å². The highest BCUT2D eigenvalue weighted by atomic mass is 19.1. The molecule has 2 heteroatoms. The van der Waals surface area contributed by atoms with Gasteiger partial charge in [0.25, 0.3) is 0 Å². The monoisotopic (exact) mass is 237 g/mol. The molecule has 0 unspecified atom stereocenters. The zero-order chi connectivity index (χ0) is 12.9. The van der Waals surface area contributed by atoms with Crippen LogP contribution in [0, 0.1) is 11.2 Å². The SMILES string of the molecule is CC(C)NCCC(C)(C)Cc1cccc(F)c1. The Morgan fingerprint density at radius 2 is 2.00 bits per heavy atom. The Bertz CT molecular complexity index is 345. The van der Waals surface area contributed by atoms with Gasteiger partial charge in [0.15, 0.2) is 0 Å². The van der Waals surface area contributed by atoms with E-state index in [0.717, 1.165) is 24.9 Å². The molecule has 0 saturated carbocycles. The molecule has 0 saturated heterocycles. The molecule has 0 aromatic heterocycles. The standard InChI is InChI=1S/C15H24FN/c1-12(2)17-9-8-15(3,4)11-13-6-5-7-14(16)10-13/h5-7,10,12,17H,8-9,11H2,1-4H3. The second-order valence-electron chi connectivity index (χ2n) is 5.83. The Morgan fingerprint density at radius 3 is 2.59 bits per heavy atom. The maximum atomic E-state index is 13.1. The van der Waals surface area contributed by atoms with Gasteiger partial charge in [-0.3, -0.25) is 0 Å². The minimum Gasteiger partial charge on any atom is -0.315 e. The Hall–Kier alpha value is -0.890. The van der Waals surface area contributed by atoms with Gasteiger partial charge >= 0.3 is 0 Å². The van der Waals surface area contributed by atoms with Crippen molar-refractivity contribution in [2.75, 3.05) is 6.54 Å². The molecule has 96 valence electrons. The van der Waals surface area contributed by atoms with Crippen LogP contribution < -0.4 is 5.32 Å². The lowest BCUT2D eigenvalue weighted by Gasteiger charge is -2.25. The van der Waals surface area contributed by atoms with Crippen LogP contribution in [-0.4, -0.2) is 12.6 Å². The molecule has 0 aliphatic carbocycles. The highest BCUT2D eigenvalue weighted by Crippen LogP contribution is 2.25. The summed E-state index contributed by atoms with van der Waals surface area (Å²) >= 11 is 0. The Labute approximate surface area is 104 Å². The van der Waals surface area contributed by atoms with E-state index in [1.54, 1.807) is 12.1 Å². The second kappa shape index (κ2) is 6.15. The predicted molar refractivity (Wildman–Crippen MR) is 71.6 cm³/mol. The van der Waals surface area contributed by atoms with Gasteiger partial charge in [-0.2, -0.15) is 0 Å². The molecule has 1 rings (SSSR count). The van der Waals surface area contributed by atoms with Crippen molar-refractivity contribution in [3.8, 4) is 0 Å². The first-order chi connectivity index (χ1) is 7.89. The van der Waals surface area contributed by atoms with Gasteiger partial charge in [-0.05, 0) is 42.5 Å². The molecule has 1 nitrogen and oxygen atoms in total. The van der Waals surface area contributed by atoms with E-state index < -0.39 is 0 Å². The van der Waals surface area contributed by atoms with Crippen LogP contribution in [0.15, 0.2) is 24.3 Å². The third-order valence-electron chi connectivity index (χ3n) is 2.93. The summed E-state index contributed by atoms with van der Waals surface area (Å²) in [5.41, 5.74) is 1.29. The Morgan fingerprint density at radius 1 is 1.29 bits per heavy atom. The summed E-state index contributed by atoms with van der Waals surface area (Å²) in [6, 6.07) is 7.45. The first kappa shape index (κ1) is 14.2.